The van der Waals surface area contributed by atoms with Crippen molar-refractivity contribution < 1.29 is 22.1 Å². The fourth-order valence-electron chi connectivity index (χ4n) is 2.93. The van der Waals surface area contributed by atoms with Gasteiger partial charge >= 0.3 is 0 Å². The van der Waals surface area contributed by atoms with E-state index in [9.17, 15) is 8.42 Å². The maximum atomic E-state index is 12.1. The predicted molar refractivity (Wildman–Crippen MR) is 85.0 cm³/mol. The Balaban J connectivity index is 1.64. The fourth-order valence-corrected chi connectivity index (χ4v) is 4.33. The van der Waals surface area contributed by atoms with Gasteiger partial charge in [-0.15, -0.1) is 0 Å². The van der Waals surface area contributed by atoms with Crippen LogP contribution < -0.4 is 0 Å². The minimum Gasteiger partial charge on any atom is -0.352 e. The van der Waals surface area contributed by atoms with Crippen LogP contribution in [0.15, 0.2) is 0 Å². The van der Waals surface area contributed by atoms with Gasteiger partial charge in [-0.2, -0.15) is 8.42 Å². The van der Waals surface area contributed by atoms with Crippen LogP contribution in [-0.2, 0) is 23.8 Å². The third-order valence-corrected chi connectivity index (χ3v) is 6.31. The molecule has 0 radical (unpaired) electrons. The van der Waals surface area contributed by atoms with Crippen LogP contribution in [0.5, 0.6) is 0 Å². The van der Waals surface area contributed by atoms with Crippen LogP contribution in [0, 0.1) is 11.3 Å². The number of hydrogen-bond acceptors (Lipinski definition) is 5. The summed E-state index contributed by atoms with van der Waals surface area (Å²) in [4.78, 5) is 0. The molecule has 2 aliphatic rings. The van der Waals surface area contributed by atoms with Crippen molar-refractivity contribution in [2.45, 2.75) is 70.8 Å². The summed E-state index contributed by atoms with van der Waals surface area (Å²) in [6.45, 7) is 7.96. The minimum absolute atomic E-state index is 0.0639. The molecule has 2 fully saturated rings. The van der Waals surface area contributed by atoms with Crippen molar-refractivity contribution in [3.63, 3.8) is 0 Å². The topological polar surface area (TPSA) is 61.8 Å². The molecule has 1 aliphatic carbocycles. The number of hydrogen-bond donors (Lipinski definition) is 0. The average molecular weight is 334 g/mol. The lowest BCUT2D eigenvalue weighted by Crippen LogP contribution is -2.37. The molecule has 0 aromatic carbocycles. The van der Waals surface area contributed by atoms with Crippen molar-refractivity contribution in [2.75, 3.05) is 19.8 Å². The van der Waals surface area contributed by atoms with Gasteiger partial charge < -0.3 is 9.47 Å². The molecule has 0 amide bonds. The lowest BCUT2D eigenvalue weighted by Gasteiger charge is -2.34. The quantitative estimate of drug-likeness (QED) is 0.552. The van der Waals surface area contributed by atoms with Crippen LogP contribution >= 0.6 is 0 Å². The molecule has 6 heteroatoms. The van der Waals surface area contributed by atoms with Crippen molar-refractivity contribution in [3.8, 4) is 0 Å². The zero-order valence-corrected chi connectivity index (χ0v) is 14.9. The smallest absolute Gasteiger partial charge is 0.270 e. The summed E-state index contributed by atoms with van der Waals surface area (Å²) in [7, 11) is -3.41. The van der Waals surface area contributed by atoms with Crippen molar-refractivity contribution in [1.82, 2.24) is 0 Å². The first kappa shape index (κ1) is 18.2. The van der Waals surface area contributed by atoms with E-state index in [1.165, 1.54) is 0 Å². The van der Waals surface area contributed by atoms with E-state index in [1.54, 1.807) is 0 Å². The molecule has 5 nitrogen and oxygen atoms in total. The largest absolute Gasteiger partial charge is 0.352 e. The van der Waals surface area contributed by atoms with E-state index in [-0.39, 0.29) is 23.6 Å². The molecule has 0 aromatic rings. The number of rotatable bonds is 6. The maximum absolute atomic E-state index is 12.1. The van der Waals surface area contributed by atoms with E-state index < -0.39 is 10.1 Å². The standard InChI is InChI=1S/C16H30O5S/c1-13-6-8-14(9-7-13)22(17,18)21-10-4-5-15-19-11-16(2,3)12-20-15/h13-15H,4-12H2,1-3H3. The molecular weight excluding hydrogens is 304 g/mol. The molecule has 1 saturated heterocycles. The Morgan fingerprint density at radius 1 is 1.09 bits per heavy atom. The van der Waals surface area contributed by atoms with Crippen LogP contribution in [0.25, 0.3) is 0 Å². The first-order valence-corrected chi connectivity index (χ1v) is 9.87. The van der Waals surface area contributed by atoms with Gasteiger partial charge in [-0.25, -0.2) is 0 Å². The summed E-state index contributed by atoms with van der Waals surface area (Å²) in [6, 6.07) is 0. The first-order valence-electron chi connectivity index (χ1n) is 8.40. The molecule has 0 atom stereocenters. The second-order valence-electron chi connectivity index (χ2n) is 7.55. The molecule has 2 rings (SSSR count). The second-order valence-corrected chi connectivity index (χ2v) is 9.44. The molecule has 0 unspecified atom stereocenters. The van der Waals surface area contributed by atoms with E-state index in [4.69, 9.17) is 13.7 Å². The molecule has 0 spiro atoms. The Hall–Kier alpha value is -0.170. The lowest BCUT2D eigenvalue weighted by atomic mass is 9.91. The summed E-state index contributed by atoms with van der Waals surface area (Å²) >= 11 is 0. The van der Waals surface area contributed by atoms with Crippen molar-refractivity contribution >= 4 is 10.1 Å². The van der Waals surface area contributed by atoms with Crippen molar-refractivity contribution in [2.24, 2.45) is 11.3 Å². The van der Waals surface area contributed by atoms with Gasteiger partial charge in [0.05, 0.1) is 25.1 Å². The summed E-state index contributed by atoms with van der Waals surface area (Å²) < 4.78 is 40.7. The monoisotopic (exact) mass is 334 g/mol. The second kappa shape index (κ2) is 7.60. The SMILES string of the molecule is CC1CCC(S(=O)(=O)OCCCC2OCC(C)(C)CO2)CC1. The highest BCUT2D eigenvalue weighted by Gasteiger charge is 2.31. The van der Waals surface area contributed by atoms with Gasteiger partial charge in [0.25, 0.3) is 10.1 Å². The predicted octanol–water partition coefficient (Wildman–Crippen LogP) is 3.09. The van der Waals surface area contributed by atoms with E-state index >= 15 is 0 Å². The summed E-state index contributed by atoms with van der Waals surface area (Å²) in [5.41, 5.74) is 0.0639. The van der Waals surface area contributed by atoms with Crippen LogP contribution in [0.4, 0.5) is 0 Å². The molecule has 1 aliphatic heterocycles. The minimum atomic E-state index is -3.41. The fraction of sp³-hybridized carbons (Fsp3) is 1.00. The van der Waals surface area contributed by atoms with Gasteiger partial charge in [-0.3, -0.25) is 4.18 Å². The highest BCUT2D eigenvalue weighted by Crippen LogP contribution is 2.29. The van der Waals surface area contributed by atoms with Crippen LogP contribution in [-0.4, -0.2) is 39.8 Å². The Bertz CT molecular complexity index is 427. The maximum Gasteiger partial charge on any atom is 0.270 e. The Morgan fingerprint density at radius 2 is 1.68 bits per heavy atom. The normalized spacial score (nSPS) is 30.3. The molecule has 0 bridgehead atoms. The van der Waals surface area contributed by atoms with E-state index in [1.807, 2.05) is 0 Å². The van der Waals surface area contributed by atoms with Gasteiger partial charge in [0, 0.05) is 11.8 Å². The van der Waals surface area contributed by atoms with Crippen LogP contribution in [0.3, 0.4) is 0 Å². The summed E-state index contributed by atoms with van der Waals surface area (Å²) in [6.07, 6.45) is 4.50. The Labute approximate surface area is 134 Å². The van der Waals surface area contributed by atoms with Gasteiger partial charge in [0.2, 0.25) is 0 Å². The molecule has 22 heavy (non-hydrogen) atoms. The molecule has 1 heterocycles. The molecule has 0 N–H and O–H groups in total. The Kier molecular flexibility index (Phi) is 6.28. The third-order valence-electron chi connectivity index (χ3n) is 4.52. The van der Waals surface area contributed by atoms with Gasteiger partial charge in [0.1, 0.15) is 0 Å². The van der Waals surface area contributed by atoms with Gasteiger partial charge in [-0.05, 0) is 38.0 Å². The van der Waals surface area contributed by atoms with Crippen LogP contribution in [0.1, 0.15) is 59.3 Å². The molecule has 1 saturated carbocycles. The van der Waals surface area contributed by atoms with Crippen LogP contribution in [0.2, 0.25) is 0 Å². The number of ether oxygens (including phenoxy) is 2. The highest BCUT2D eigenvalue weighted by atomic mass is 32.2. The average Bonchev–Trinajstić information content (AvgIpc) is 2.45. The van der Waals surface area contributed by atoms with Gasteiger partial charge in [-0.1, -0.05) is 20.8 Å². The molecule has 130 valence electrons. The van der Waals surface area contributed by atoms with Gasteiger partial charge in [0.15, 0.2) is 6.29 Å². The highest BCUT2D eigenvalue weighted by molar-refractivity contribution is 7.87. The first-order chi connectivity index (χ1) is 10.3. The third kappa shape index (κ3) is 5.48. The van der Waals surface area contributed by atoms with Crippen molar-refractivity contribution in [3.05, 3.63) is 0 Å². The summed E-state index contributed by atoms with van der Waals surface area (Å²) in [5, 5.41) is -0.313. The van der Waals surface area contributed by atoms with E-state index in [0.29, 0.717) is 32.0 Å². The van der Waals surface area contributed by atoms with Crippen molar-refractivity contribution in [1.29, 1.82) is 0 Å². The Morgan fingerprint density at radius 3 is 2.27 bits per heavy atom. The van der Waals surface area contributed by atoms with E-state index in [2.05, 4.69) is 20.8 Å². The van der Waals surface area contributed by atoms with E-state index in [0.717, 1.165) is 25.7 Å². The molecular formula is C16H30O5S. The molecule has 0 aromatic heterocycles. The zero-order chi connectivity index (χ0) is 16.2. The summed E-state index contributed by atoms with van der Waals surface area (Å²) in [5.74, 6) is 0.635. The zero-order valence-electron chi connectivity index (χ0n) is 14.0. The lowest BCUT2D eigenvalue weighted by molar-refractivity contribution is -0.224.